The van der Waals surface area contributed by atoms with Crippen LogP contribution in [0.4, 0.5) is 0 Å². The normalized spacial score (nSPS) is 13.2. The van der Waals surface area contributed by atoms with E-state index in [2.05, 4.69) is 154 Å². The third-order valence-electron chi connectivity index (χ3n) is 11.8. The molecule has 0 radical (unpaired) electrons. The summed E-state index contributed by atoms with van der Waals surface area (Å²) in [6.07, 6.45) is 85.7. The van der Waals surface area contributed by atoms with Gasteiger partial charge in [0.05, 0.1) is 6.42 Å². The van der Waals surface area contributed by atoms with Gasteiger partial charge in [0.25, 0.3) is 0 Å². The summed E-state index contributed by atoms with van der Waals surface area (Å²) in [6.45, 7) is 6.28. The second kappa shape index (κ2) is 59.8. The second-order valence-corrected chi connectivity index (χ2v) is 18.8. The highest BCUT2D eigenvalue weighted by Gasteiger charge is 2.19. The van der Waals surface area contributed by atoms with E-state index in [4.69, 9.17) is 14.2 Å². The molecule has 0 aromatic rings. The molecule has 0 rings (SSSR count). The number of rotatable bonds is 51. The molecule has 0 bridgehead atoms. The Morgan fingerprint density at radius 1 is 0.301 bits per heavy atom. The molecule has 0 amide bonds. The van der Waals surface area contributed by atoms with Crippen LogP contribution in [0.1, 0.15) is 239 Å². The zero-order valence-corrected chi connectivity index (χ0v) is 46.8. The smallest absolute Gasteiger partial charge is 0.309 e. The van der Waals surface area contributed by atoms with Crippen LogP contribution in [0.5, 0.6) is 0 Å². The van der Waals surface area contributed by atoms with Crippen molar-refractivity contribution in [3.63, 3.8) is 0 Å². The van der Waals surface area contributed by atoms with E-state index in [1.807, 2.05) is 6.08 Å². The first kappa shape index (κ1) is 68.3. The van der Waals surface area contributed by atoms with E-state index in [0.717, 1.165) is 135 Å². The number of hydrogen-bond acceptors (Lipinski definition) is 6. The zero-order chi connectivity index (χ0) is 52.9. The Labute approximate surface area is 448 Å². The maximum absolute atomic E-state index is 12.9. The van der Waals surface area contributed by atoms with Gasteiger partial charge in [-0.1, -0.05) is 244 Å². The lowest BCUT2D eigenvalue weighted by molar-refractivity contribution is -0.166. The summed E-state index contributed by atoms with van der Waals surface area (Å²) in [4.78, 5) is 38.2. The summed E-state index contributed by atoms with van der Waals surface area (Å²) < 4.78 is 16.8. The van der Waals surface area contributed by atoms with Gasteiger partial charge in [-0.05, 0) is 122 Å². The van der Waals surface area contributed by atoms with Crippen LogP contribution >= 0.6 is 0 Å². The van der Waals surface area contributed by atoms with Crippen molar-refractivity contribution in [2.75, 3.05) is 13.2 Å². The van der Waals surface area contributed by atoms with Crippen molar-refractivity contribution in [3.05, 3.63) is 146 Å². The van der Waals surface area contributed by atoms with Crippen LogP contribution in [-0.2, 0) is 28.6 Å². The minimum atomic E-state index is -0.839. The van der Waals surface area contributed by atoms with E-state index >= 15 is 0 Å². The molecule has 0 aromatic heterocycles. The van der Waals surface area contributed by atoms with Crippen LogP contribution < -0.4 is 0 Å². The zero-order valence-electron chi connectivity index (χ0n) is 46.8. The van der Waals surface area contributed by atoms with E-state index in [9.17, 15) is 14.4 Å². The van der Waals surface area contributed by atoms with Crippen molar-refractivity contribution in [2.24, 2.45) is 0 Å². The Morgan fingerprint density at radius 3 is 0.959 bits per heavy atom. The van der Waals surface area contributed by atoms with Gasteiger partial charge in [0, 0.05) is 12.8 Å². The SMILES string of the molecule is CC/C=C\C/C=C\C/C=C\C/C=C\C/C=C\CC(=O)OCC(COC(=O)CCCCCCCC/C=C\C/C=C\C/C=C\CCCCCCC)OC(=O)CCCCCCCC/C=C\C/C=C\C/C=C\C/C=C\CC. The largest absolute Gasteiger partial charge is 0.462 e. The Hall–Kier alpha value is -4.71. The molecule has 0 spiro atoms. The maximum atomic E-state index is 12.9. The van der Waals surface area contributed by atoms with E-state index in [1.54, 1.807) is 6.08 Å². The fourth-order valence-corrected chi connectivity index (χ4v) is 7.51. The lowest BCUT2D eigenvalue weighted by Crippen LogP contribution is -2.30. The first-order chi connectivity index (χ1) is 36.0. The quantitative estimate of drug-likeness (QED) is 0.0261. The molecular formula is C67H106O6. The Bertz CT molecular complexity index is 1630. The van der Waals surface area contributed by atoms with Crippen molar-refractivity contribution in [2.45, 2.75) is 245 Å². The third kappa shape index (κ3) is 58.1. The monoisotopic (exact) mass is 1010 g/mol. The average Bonchev–Trinajstić information content (AvgIpc) is 3.39. The Balaban J connectivity index is 4.55. The van der Waals surface area contributed by atoms with E-state index < -0.39 is 12.1 Å². The first-order valence-corrected chi connectivity index (χ1v) is 29.3. The number of hydrogen-bond donors (Lipinski definition) is 0. The van der Waals surface area contributed by atoms with Gasteiger partial charge < -0.3 is 14.2 Å². The number of esters is 3. The van der Waals surface area contributed by atoms with Gasteiger partial charge in [0.15, 0.2) is 6.10 Å². The van der Waals surface area contributed by atoms with Gasteiger partial charge in [-0.15, -0.1) is 0 Å². The highest BCUT2D eigenvalue weighted by molar-refractivity contribution is 5.72. The van der Waals surface area contributed by atoms with Gasteiger partial charge in [0.2, 0.25) is 0 Å². The summed E-state index contributed by atoms with van der Waals surface area (Å²) in [6, 6.07) is 0. The van der Waals surface area contributed by atoms with E-state index in [0.29, 0.717) is 6.42 Å². The molecule has 0 aliphatic heterocycles. The van der Waals surface area contributed by atoms with Crippen molar-refractivity contribution in [3.8, 4) is 0 Å². The molecule has 0 aliphatic carbocycles. The van der Waals surface area contributed by atoms with Crippen LogP contribution in [0.3, 0.4) is 0 Å². The van der Waals surface area contributed by atoms with Gasteiger partial charge >= 0.3 is 17.9 Å². The van der Waals surface area contributed by atoms with Crippen LogP contribution in [0.15, 0.2) is 146 Å². The molecule has 6 nitrogen and oxygen atoms in total. The highest BCUT2D eigenvalue weighted by atomic mass is 16.6. The molecule has 0 fully saturated rings. The van der Waals surface area contributed by atoms with Crippen molar-refractivity contribution < 1.29 is 28.6 Å². The topological polar surface area (TPSA) is 78.9 Å². The molecule has 0 saturated heterocycles. The lowest BCUT2D eigenvalue weighted by atomic mass is 10.1. The molecule has 73 heavy (non-hydrogen) atoms. The van der Waals surface area contributed by atoms with Gasteiger partial charge in [0.1, 0.15) is 13.2 Å². The standard InChI is InChI=1S/C67H106O6/c1-4-7-10-13-16-19-22-25-28-30-32-33-35-36-39-42-45-48-51-54-57-60-66(69)72-63-64(62-71-65(68)59-56-53-50-47-44-41-38-27-24-21-18-15-12-9-6-3)73-67(70)61-58-55-52-49-46-43-40-37-34-31-29-26-23-20-17-14-11-8-5-2/h8-9,11-12,17-18,20-22,25-27,29-30,32,34-38,44,47,53,56,64H,4-7,10,13-16,19,23-24,28,31,33,39-43,45-46,48-52,54-55,57-63H2,1-3H3/b11-8-,12-9-,20-17-,21-18-,25-22-,29-26-,32-30-,36-35-,37-34-,38-27-,47-44-,56-53-. The van der Waals surface area contributed by atoms with Crippen molar-refractivity contribution in [1.82, 2.24) is 0 Å². The highest BCUT2D eigenvalue weighted by Crippen LogP contribution is 2.13. The molecule has 1 atom stereocenters. The van der Waals surface area contributed by atoms with Crippen LogP contribution in [0, 0.1) is 0 Å². The van der Waals surface area contributed by atoms with Crippen molar-refractivity contribution >= 4 is 17.9 Å². The van der Waals surface area contributed by atoms with Gasteiger partial charge in [-0.3, -0.25) is 14.4 Å². The number of carbonyl (C=O) groups is 3. The first-order valence-electron chi connectivity index (χ1n) is 29.3. The second-order valence-electron chi connectivity index (χ2n) is 18.8. The Morgan fingerprint density at radius 2 is 0.589 bits per heavy atom. The minimum Gasteiger partial charge on any atom is -0.462 e. The molecule has 0 saturated carbocycles. The number of allylic oxidation sites excluding steroid dienone is 23. The molecule has 0 aromatic carbocycles. The van der Waals surface area contributed by atoms with Crippen molar-refractivity contribution in [1.29, 1.82) is 0 Å². The predicted octanol–water partition coefficient (Wildman–Crippen LogP) is 20.0. The molecule has 0 aliphatic rings. The molecule has 1 unspecified atom stereocenters. The average molecular weight is 1010 g/mol. The summed E-state index contributed by atoms with van der Waals surface area (Å²) in [7, 11) is 0. The van der Waals surface area contributed by atoms with E-state index in [-0.39, 0.29) is 38.0 Å². The lowest BCUT2D eigenvalue weighted by Gasteiger charge is -2.18. The van der Waals surface area contributed by atoms with E-state index in [1.165, 1.54) is 64.2 Å². The fraction of sp³-hybridized carbons (Fsp3) is 0.597. The fourth-order valence-electron chi connectivity index (χ4n) is 7.51. The van der Waals surface area contributed by atoms with Crippen LogP contribution in [0.25, 0.3) is 0 Å². The van der Waals surface area contributed by atoms with Crippen LogP contribution in [0.2, 0.25) is 0 Å². The maximum Gasteiger partial charge on any atom is 0.309 e. The summed E-state index contributed by atoms with van der Waals surface area (Å²) in [5, 5.41) is 0. The summed E-state index contributed by atoms with van der Waals surface area (Å²) in [5.74, 6) is -1.09. The number of ether oxygens (including phenoxy) is 3. The molecule has 410 valence electrons. The predicted molar refractivity (Wildman–Crippen MR) is 315 cm³/mol. The third-order valence-corrected chi connectivity index (χ3v) is 11.8. The molecule has 0 N–H and O–H groups in total. The van der Waals surface area contributed by atoms with Gasteiger partial charge in [-0.2, -0.15) is 0 Å². The summed E-state index contributed by atoms with van der Waals surface area (Å²) >= 11 is 0. The molecule has 0 heterocycles. The summed E-state index contributed by atoms with van der Waals surface area (Å²) in [5.41, 5.74) is 0. The van der Waals surface area contributed by atoms with Crippen LogP contribution in [-0.4, -0.2) is 37.2 Å². The Kier molecular flexibility index (Phi) is 56.0. The minimum absolute atomic E-state index is 0.114. The van der Waals surface area contributed by atoms with Gasteiger partial charge in [-0.25, -0.2) is 0 Å². The molecular weight excluding hydrogens is 901 g/mol. The number of unbranched alkanes of at least 4 members (excludes halogenated alkanes) is 17. The molecule has 6 heteroatoms. The number of carbonyl (C=O) groups excluding carboxylic acids is 3.